The molecule has 1 atom stereocenters. The van der Waals surface area contributed by atoms with Crippen LogP contribution in [-0.4, -0.2) is 60.3 Å². The van der Waals surface area contributed by atoms with Gasteiger partial charge in [0.1, 0.15) is 5.60 Å². The Hall–Kier alpha value is -3.73. The monoisotopic (exact) mass is 564 g/mol. The smallest absolute Gasteiger partial charge is 0.410 e. The average molecular weight is 565 g/mol. The molecule has 1 saturated heterocycles. The van der Waals surface area contributed by atoms with Crippen molar-refractivity contribution in [1.29, 1.82) is 0 Å². The summed E-state index contributed by atoms with van der Waals surface area (Å²) in [7, 11) is 0. The maximum atomic E-state index is 12.4. The summed E-state index contributed by atoms with van der Waals surface area (Å²) in [5.41, 5.74) is 3.22. The highest BCUT2D eigenvalue weighted by Crippen LogP contribution is 2.23. The van der Waals surface area contributed by atoms with Gasteiger partial charge in [-0.1, -0.05) is 30.3 Å². The zero-order valence-corrected chi connectivity index (χ0v) is 22.6. The summed E-state index contributed by atoms with van der Waals surface area (Å²) in [5, 5.41) is 11.2. The van der Waals surface area contributed by atoms with Gasteiger partial charge in [0, 0.05) is 37.4 Å². The highest BCUT2D eigenvalue weighted by atomic mass is 79.9. The summed E-state index contributed by atoms with van der Waals surface area (Å²) < 4.78 is 7.94. The standard InChI is InChI=1S/C26H29BrN8O2/c1-26(2,3)37-25(36)34-13-11-19(16-34)31-23-32-22-20(27)15-30-35(22)24(33-23)29-14-17-7-9-18(10-8-17)21-6-4-5-12-28-21/h4-10,12,15,19H,11,13-14,16H2,1-3H3,(H2,29,31,32,33)/t19-/m1/s1. The van der Waals surface area contributed by atoms with Crippen LogP contribution in [-0.2, 0) is 11.3 Å². The quantitative estimate of drug-likeness (QED) is 0.337. The van der Waals surface area contributed by atoms with Gasteiger partial charge in [0.2, 0.25) is 11.9 Å². The van der Waals surface area contributed by atoms with Crippen LogP contribution in [0.5, 0.6) is 0 Å². The third-order valence-corrected chi connectivity index (χ3v) is 6.42. The van der Waals surface area contributed by atoms with E-state index in [1.807, 2.05) is 39.0 Å². The number of anilines is 2. The number of aromatic nitrogens is 5. The number of pyridine rings is 1. The Morgan fingerprint density at radius 1 is 1.16 bits per heavy atom. The summed E-state index contributed by atoms with van der Waals surface area (Å²) in [6.45, 7) is 7.30. The lowest BCUT2D eigenvalue weighted by Gasteiger charge is -2.24. The molecule has 10 nitrogen and oxygen atoms in total. The van der Waals surface area contributed by atoms with Crippen molar-refractivity contribution in [3.05, 3.63) is 64.9 Å². The van der Waals surface area contributed by atoms with E-state index < -0.39 is 5.60 Å². The highest BCUT2D eigenvalue weighted by molar-refractivity contribution is 9.10. The van der Waals surface area contributed by atoms with Gasteiger partial charge in [0.25, 0.3) is 0 Å². The molecule has 0 unspecified atom stereocenters. The number of hydrogen-bond donors (Lipinski definition) is 2. The number of carbonyl (C=O) groups excluding carboxylic acids is 1. The molecular weight excluding hydrogens is 536 g/mol. The van der Waals surface area contributed by atoms with Crippen molar-refractivity contribution in [2.24, 2.45) is 0 Å². The molecule has 37 heavy (non-hydrogen) atoms. The molecule has 192 valence electrons. The van der Waals surface area contributed by atoms with Crippen LogP contribution in [0.1, 0.15) is 32.8 Å². The third-order valence-electron chi connectivity index (χ3n) is 5.86. The largest absolute Gasteiger partial charge is 0.444 e. The summed E-state index contributed by atoms with van der Waals surface area (Å²) in [6, 6.07) is 14.1. The van der Waals surface area contributed by atoms with Gasteiger partial charge in [-0.3, -0.25) is 4.98 Å². The number of hydrogen-bond acceptors (Lipinski definition) is 8. The number of benzene rings is 1. The second kappa shape index (κ2) is 10.3. The predicted octanol–water partition coefficient (Wildman–Crippen LogP) is 4.98. The average Bonchev–Trinajstić information content (AvgIpc) is 3.49. The van der Waals surface area contributed by atoms with E-state index >= 15 is 0 Å². The van der Waals surface area contributed by atoms with Crippen LogP contribution in [0.4, 0.5) is 16.7 Å². The van der Waals surface area contributed by atoms with Crippen molar-refractivity contribution in [2.45, 2.75) is 45.4 Å². The molecule has 0 saturated carbocycles. The lowest BCUT2D eigenvalue weighted by Crippen LogP contribution is -2.36. The lowest BCUT2D eigenvalue weighted by molar-refractivity contribution is 0.0293. The molecule has 2 N–H and O–H groups in total. The van der Waals surface area contributed by atoms with Gasteiger partial charge in [0.15, 0.2) is 5.65 Å². The van der Waals surface area contributed by atoms with Crippen molar-refractivity contribution in [3.63, 3.8) is 0 Å². The zero-order valence-electron chi connectivity index (χ0n) is 21.0. The summed E-state index contributed by atoms with van der Waals surface area (Å²) in [5.74, 6) is 1.03. The van der Waals surface area contributed by atoms with E-state index in [-0.39, 0.29) is 12.1 Å². The van der Waals surface area contributed by atoms with Gasteiger partial charge in [-0.25, -0.2) is 4.79 Å². The third kappa shape index (κ3) is 5.99. The molecule has 0 bridgehead atoms. The zero-order chi connectivity index (χ0) is 26.0. The van der Waals surface area contributed by atoms with Gasteiger partial charge in [0.05, 0.1) is 16.4 Å². The van der Waals surface area contributed by atoms with Crippen molar-refractivity contribution < 1.29 is 9.53 Å². The van der Waals surface area contributed by atoms with E-state index in [2.05, 4.69) is 70.9 Å². The number of halogens is 1. The molecule has 4 aromatic rings. The molecule has 5 rings (SSSR count). The van der Waals surface area contributed by atoms with E-state index in [0.717, 1.165) is 27.7 Å². The Balaban J connectivity index is 1.28. The Morgan fingerprint density at radius 3 is 2.70 bits per heavy atom. The topological polar surface area (TPSA) is 110 Å². The van der Waals surface area contributed by atoms with Crippen LogP contribution in [0.3, 0.4) is 0 Å². The van der Waals surface area contributed by atoms with E-state index in [0.29, 0.717) is 37.2 Å². The molecule has 0 spiro atoms. The minimum Gasteiger partial charge on any atom is -0.444 e. The molecular formula is C26H29BrN8O2. The second-order valence-electron chi connectivity index (χ2n) is 9.92. The number of fused-ring (bicyclic) bond motifs is 1. The first-order valence-electron chi connectivity index (χ1n) is 12.2. The number of carbonyl (C=O) groups is 1. The maximum absolute atomic E-state index is 12.4. The molecule has 1 aliphatic rings. The highest BCUT2D eigenvalue weighted by Gasteiger charge is 2.30. The Morgan fingerprint density at radius 2 is 1.97 bits per heavy atom. The molecule has 4 heterocycles. The van der Waals surface area contributed by atoms with Gasteiger partial charge in [-0.05, 0) is 60.8 Å². The first-order valence-corrected chi connectivity index (χ1v) is 12.9. The van der Waals surface area contributed by atoms with Crippen molar-refractivity contribution in [3.8, 4) is 11.3 Å². The van der Waals surface area contributed by atoms with Crippen LogP contribution in [0.2, 0.25) is 0 Å². The van der Waals surface area contributed by atoms with Gasteiger partial charge < -0.3 is 20.3 Å². The number of nitrogens with zero attached hydrogens (tertiary/aromatic N) is 6. The number of likely N-dealkylation sites (tertiary alicyclic amines) is 1. The van der Waals surface area contributed by atoms with Gasteiger partial charge in [-0.15, -0.1) is 0 Å². The predicted molar refractivity (Wildman–Crippen MR) is 145 cm³/mol. The minimum absolute atomic E-state index is 0.0173. The fraction of sp³-hybridized carbons (Fsp3) is 0.346. The van der Waals surface area contributed by atoms with Crippen molar-refractivity contribution in [2.75, 3.05) is 23.7 Å². The first-order chi connectivity index (χ1) is 17.7. The van der Waals surface area contributed by atoms with Crippen molar-refractivity contribution >= 4 is 39.6 Å². The molecule has 1 aliphatic heterocycles. The van der Waals surface area contributed by atoms with E-state index in [1.54, 1.807) is 21.8 Å². The van der Waals surface area contributed by atoms with E-state index in [4.69, 9.17) is 4.74 Å². The maximum Gasteiger partial charge on any atom is 0.410 e. The van der Waals surface area contributed by atoms with Crippen LogP contribution in [0.15, 0.2) is 59.3 Å². The molecule has 0 radical (unpaired) electrons. The summed E-state index contributed by atoms with van der Waals surface area (Å²) in [4.78, 5) is 27.9. The van der Waals surface area contributed by atoms with Gasteiger partial charge >= 0.3 is 6.09 Å². The Bertz CT molecular complexity index is 1390. The molecule has 11 heteroatoms. The molecule has 1 amide bonds. The SMILES string of the molecule is CC(C)(C)OC(=O)N1CC[C@@H](Nc2nc(NCc3ccc(-c4ccccn4)cc3)n3ncc(Br)c3n2)C1. The van der Waals surface area contributed by atoms with Crippen molar-refractivity contribution in [1.82, 2.24) is 29.5 Å². The van der Waals surface area contributed by atoms with Gasteiger partial charge in [-0.2, -0.15) is 19.6 Å². The molecule has 0 aliphatic carbocycles. The number of nitrogens with one attached hydrogen (secondary N) is 2. The number of rotatable bonds is 6. The molecule has 3 aromatic heterocycles. The number of amides is 1. The molecule has 1 fully saturated rings. The van der Waals surface area contributed by atoms with Crippen LogP contribution < -0.4 is 10.6 Å². The fourth-order valence-electron chi connectivity index (χ4n) is 4.09. The minimum atomic E-state index is -0.523. The Labute approximate surface area is 223 Å². The van der Waals surface area contributed by atoms with E-state index in [1.165, 1.54) is 0 Å². The summed E-state index contributed by atoms with van der Waals surface area (Å²) in [6.07, 6.45) is 3.96. The van der Waals surface area contributed by atoms with Crippen LogP contribution in [0, 0.1) is 0 Å². The van der Waals surface area contributed by atoms with Crippen LogP contribution in [0.25, 0.3) is 16.9 Å². The second-order valence-corrected chi connectivity index (χ2v) is 10.8. The normalized spacial score (nSPS) is 15.7. The Kier molecular flexibility index (Phi) is 6.96. The number of ether oxygens (including phenoxy) is 1. The van der Waals surface area contributed by atoms with E-state index in [9.17, 15) is 4.79 Å². The van der Waals surface area contributed by atoms with Crippen LogP contribution >= 0.6 is 15.9 Å². The first kappa shape index (κ1) is 24.9. The molecule has 1 aromatic carbocycles. The fourth-order valence-corrected chi connectivity index (χ4v) is 4.44. The summed E-state index contributed by atoms with van der Waals surface area (Å²) >= 11 is 3.53. The lowest BCUT2D eigenvalue weighted by atomic mass is 10.1.